The van der Waals surface area contributed by atoms with E-state index in [2.05, 4.69) is 70.0 Å². The Balaban J connectivity index is 1.35. The van der Waals surface area contributed by atoms with Crippen LogP contribution in [0.1, 0.15) is 23.7 Å². The molecule has 1 atom stereocenters. The average molecular weight is 342 g/mol. The van der Waals surface area contributed by atoms with E-state index in [-0.39, 0.29) is 0 Å². The highest BCUT2D eigenvalue weighted by atomic mass is 15.2. The molecule has 2 aromatic heterocycles. The fraction of sp³-hybridized carbons (Fsp3) is 0.273. The van der Waals surface area contributed by atoms with E-state index in [9.17, 15) is 0 Å². The summed E-state index contributed by atoms with van der Waals surface area (Å²) in [5, 5.41) is 1.22. The maximum Gasteiger partial charge on any atom is 0.114 e. The van der Waals surface area contributed by atoms with Crippen molar-refractivity contribution < 1.29 is 0 Å². The van der Waals surface area contributed by atoms with E-state index >= 15 is 0 Å². The van der Waals surface area contributed by atoms with Crippen LogP contribution in [0.2, 0.25) is 0 Å². The third-order valence-electron chi connectivity index (χ3n) is 5.51. The maximum atomic E-state index is 4.90. The van der Waals surface area contributed by atoms with Crippen molar-refractivity contribution in [1.29, 1.82) is 0 Å². The second kappa shape index (κ2) is 6.22. The number of fused-ring (bicyclic) bond motifs is 2. The number of likely N-dealkylation sites (tertiary alicyclic amines) is 1. The molecular formula is C22H22N4. The number of aromatic nitrogens is 3. The van der Waals surface area contributed by atoms with E-state index < -0.39 is 0 Å². The van der Waals surface area contributed by atoms with Crippen LogP contribution in [0.25, 0.3) is 21.9 Å². The number of pyridine rings is 1. The van der Waals surface area contributed by atoms with Crippen LogP contribution in [0, 0.1) is 0 Å². The van der Waals surface area contributed by atoms with Crippen LogP contribution in [-0.4, -0.2) is 32.5 Å². The standard InChI is InChI=1S/C22H22N4/c1-25-21-9-5-4-8-20(21)24-22(25)18-10-11-26(15-18)14-16-12-17-6-2-3-7-19(17)23-13-16/h2-9,12-13,18H,10-11,14-15H2,1H3. The molecule has 5 rings (SSSR count). The van der Waals surface area contributed by atoms with Crippen molar-refractivity contribution in [2.75, 3.05) is 13.1 Å². The molecule has 0 saturated carbocycles. The number of nitrogens with zero attached hydrogens (tertiary/aromatic N) is 4. The third kappa shape index (κ3) is 2.67. The van der Waals surface area contributed by atoms with Gasteiger partial charge in [0.05, 0.1) is 16.6 Å². The summed E-state index contributed by atoms with van der Waals surface area (Å²) in [5.74, 6) is 1.71. The zero-order valence-electron chi connectivity index (χ0n) is 15.0. The summed E-state index contributed by atoms with van der Waals surface area (Å²) in [6, 6.07) is 19.0. The molecule has 0 aliphatic carbocycles. The molecule has 1 aliphatic rings. The molecule has 4 aromatic rings. The molecule has 0 bridgehead atoms. The van der Waals surface area contributed by atoms with Gasteiger partial charge in [0.1, 0.15) is 5.82 Å². The average Bonchev–Trinajstić information content (AvgIpc) is 3.26. The lowest BCUT2D eigenvalue weighted by Gasteiger charge is -2.16. The Hall–Kier alpha value is -2.72. The van der Waals surface area contributed by atoms with Gasteiger partial charge in [-0.05, 0) is 42.8 Å². The fourth-order valence-electron chi connectivity index (χ4n) is 4.18. The molecule has 2 aromatic carbocycles. The van der Waals surface area contributed by atoms with Crippen LogP contribution in [-0.2, 0) is 13.6 Å². The van der Waals surface area contributed by atoms with E-state index in [0.29, 0.717) is 5.92 Å². The lowest BCUT2D eigenvalue weighted by Crippen LogP contribution is -2.20. The summed E-state index contributed by atoms with van der Waals surface area (Å²) in [4.78, 5) is 12.0. The van der Waals surface area contributed by atoms with Crippen molar-refractivity contribution in [3.8, 4) is 0 Å². The molecule has 4 nitrogen and oxygen atoms in total. The van der Waals surface area contributed by atoms with Crippen molar-refractivity contribution in [2.24, 2.45) is 7.05 Å². The van der Waals surface area contributed by atoms with Gasteiger partial charge < -0.3 is 4.57 Å². The molecule has 1 unspecified atom stereocenters. The van der Waals surface area contributed by atoms with Crippen LogP contribution >= 0.6 is 0 Å². The van der Waals surface area contributed by atoms with Crippen molar-refractivity contribution >= 4 is 21.9 Å². The number of hydrogen-bond acceptors (Lipinski definition) is 3. The number of hydrogen-bond donors (Lipinski definition) is 0. The minimum absolute atomic E-state index is 0.501. The van der Waals surface area contributed by atoms with E-state index in [1.165, 1.54) is 22.3 Å². The van der Waals surface area contributed by atoms with Gasteiger partial charge in [-0.25, -0.2) is 4.98 Å². The molecule has 4 heteroatoms. The molecule has 1 fully saturated rings. The van der Waals surface area contributed by atoms with Gasteiger partial charge in [-0.15, -0.1) is 0 Å². The number of para-hydroxylation sites is 3. The van der Waals surface area contributed by atoms with Crippen molar-refractivity contribution in [3.05, 3.63) is 72.2 Å². The first-order valence-electron chi connectivity index (χ1n) is 9.25. The zero-order chi connectivity index (χ0) is 17.5. The Kier molecular flexibility index (Phi) is 3.71. The van der Waals surface area contributed by atoms with Crippen molar-refractivity contribution in [1.82, 2.24) is 19.4 Å². The highest BCUT2D eigenvalue weighted by Gasteiger charge is 2.27. The van der Waals surface area contributed by atoms with Crippen molar-refractivity contribution in [2.45, 2.75) is 18.9 Å². The predicted octanol–water partition coefficient (Wildman–Crippen LogP) is 4.11. The molecule has 0 spiro atoms. The molecule has 130 valence electrons. The predicted molar refractivity (Wildman–Crippen MR) is 105 cm³/mol. The first-order valence-corrected chi connectivity index (χ1v) is 9.25. The molecule has 1 aliphatic heterocycles. The van der Waals surface area contributed by atoms with Gasteiger partial charge in [-0.3, -0.25) is 9.88 Å². The smallest absolute Gasteiger partial charge is 0.114 e. The second-order valence-corrected chi connectivity index (χ2v) is 7.27. The summed E-state index contributed by atoms with van der Waals surface area (Å²) in [5.41, 5.74) is 4.67. The van der Waals surface area contributed by atoms with Gasteiger partial charge in [0, 0.05) is 37.6 Å². The normalized spacial score (nSPS) is 18.1. The lowest BCUT2D eigenvalue weighted by molar-refractivity contribution is 0.325. The van der Waals surface area contributed by atoms with E-state index in [1.54, 1.807) is 0 Å². The summed E-state index contributed by atoms with van der Waals surface area (Å²) < 4.78 is 2.26. The summed E-state index contributed by atoms with van der Waals surface area (Å²) >= 11 is 0. The SMILES string of the molecule is Cn1c(C2CCN(Cc3cnc4ccccc4c3)C2)nc2ccccc21. The summed E-state index contributed by atoms with van der Waals surface area (Å²) in [6.45, 7) is 3.13. The van der Waals surface area contributed by atoms with Crippen molar-refractivity contribution in [3.63, 3.8) is 0 Å². The van der Waals surface area contributed by atoms with Gasteiger partial charge >= 0.3 is 0 Å². The highest BCUT2D eigenvalue weighted by Crippen LogP contribution is 2.29. The Bertz CT molecular complexity index is 1080. The van der Waals surface area contributed by atoms with E-state index in [4.69, 9.17) is 4.98 Å². The van der Waals surface area contributed by atoms with Crippen LogP contribution < -0.4 is 0 Å². The molecule has 1 saturated heterocycles. The van der Waals surface area contributed by atoms with Crippen LogP contribution in [0.15, 0.2) is 60.8 Å². The minimum atomic E-state index is 0.501. The Morgan fingerprint density at radius 1 is 1.04 bits per heavy atom. The summed E-state index contributed by atoms with van der Waals surface area (Å²) in [7, 11) is 2.14. The molecular weight excluding hydrogens is 320 g/mol. The molecule has 0 radical (unpaired) electrons. The Labute approximate surface area is 153 Å². The number of benzene rings is 2. The monoisotopic (exact) mass is 342 g/mol. The topological polar surface area (TPSA) is 34.0 Å². The Morgan fingerprint density at radius 3 is 2.73 bits per heavy atom. The highest BCUT2D eigenvalue weighted by molar-refractivity contribution is 5.78. The van der Waals surface area contributed by atoms with Gasteiger partial charge in [-0.1, -0.05) is 30.3 Å². The van der Waals surface area contributed by atoms with E-state index in [1.807, 2.05) is 12.3 Å². The molecule has 26 heavy (non-hydrogen) atoms. The first kappa shape index (κ1) is 15.5. The molecule has 3 heterocycles. The zero-order valence-corrected chi connectivity index (χ0v) is 15.0. The third-order valence-corrected chi connectivity index (χ3v) is 5.51. The quantitative estimate of drug-likeness (QED) is 0.562. The molecule has 0 amide bonds. The minimum Gasteiger partial charge on any atom is -0.331 e. The summed E-state index contributed by atoms with van der Waals surface area (Å²) in [6.07, 6.45) is 3.18. The van der Waals surface area contributed by atoms with Gasteiger partial charge in [0.15, 0.2) is 0 Å². The van der Waals surface area contributed by atoms with E-state index in [0.717, 1.165) is 37.1 Å². The maximum absolute atomic E-state index is 4.90. The van der Waals surface area contributed by atoms with Gasteiger partial charge in [0.2, 0.25) is 0 Å². The molecule has 0 N–H and O–H groups in total. The van der Waals surface area contributed by atoms with Gasteiger partial charge in [-0.2, -0.15) is 0 Å². The lowest BCUT2D eigenvalue weighted by atomic mass is 10.1. The van der Waals surface area contributed by atoms with Crippen LogP contribution in [0.4, 0.5) is 0 Å². The Morgan fingerprint density at radius 2 is 1.85 bits per heavy atom. The fourth-order valence-corrected chi connectivity index (χ4v) is 4.18. The largest absolute Gasteiger partial charge is 0.331 e. The number of imidazole rings is 1. The number of aryl methyl sites for hydroxylation is 1. The van der Waals surface area contributed by atoms with Crippen LogP contribution in [0.3, 0.4) is 0 Å². The number of rotatable bonds is 3. The van der Waals surface area contributed by atoms with Crippen LogP contribution in [0.5, 0.6) is 0 Å². The van der Waals surface area contributed by atoms with Gasteiger partial charge in [0.25, 0.3) is 0 Å². The first-order chi connectivity index (χ1) is 12.8. The second-order valence-electron chi connectivity index (χ2n) is 7.27.